The smallest absolute Gasteiger partial charge is 0.313 e. The van der Waals surface area contributed by atoms with Crippen molar-refractivity contribution < 1.29 is 19.1 Å². The van der Waals surface area contributed by atoms with E-state index in [2.05, 4.69) is 10.6 Å². The minimum atomic E-state index is -0.784. The second kappa shape index (κ2) is 8.04. The molecule has 1 atom stereocenters. The Labute approximate surface area is 123 Å². The largest absolute Gasteiger partial charge is 0.466 e. The van der Waals surface area contributed by atoms with Crippen LogP contribution < -0.4 is 10.6 Å². The average molecular weight is 292 g/mol. The molecule has 21 heavy (non-hydrogen) atoms. The van der Waals surface area contributed by atoms with Crippen LogP contribution in [0, 0.1) is 6.92 Å². The van der Waals surface area contributed by atoms with Gasteiger partial charge in [0, 0.05) is 11.7 Å². The molecule has 0 unspecified atom stereocenters. The molecule has 0 saturated carbocycles. The van der Waals surface area contributed by atoms with Gasteiger partial charge in [-0.25, -0.2) is 0 Å². The lowest BCUT2D eigenvalue weighted by Gasteiger charge is -2.13. The molecule has 114 valence electrons. The Bertz CT molecular complexity index is 528. The first-order chi connectivity index (χ1) is 9.92. The van der Waals surface area contributed by atoms with Gasteiger partial charge in [-0.3, -0.25) is 14.4 Å². The molecule has 0 aliphatic carbocycles. The van der Waals surface area contributed by atoms with Gasteiger partial charge in [-0.05, 0) is 38.5 Å². The molecule has 0 aliphatic heterocycles. The number of hydrogen-bond donors (Lipinski definition) is 2. The Morgan fingerprint density at radius 1 is 1.24 bits per heavy atom. The molecule has 0 heterocycles. The van der Waals surface area contributed by atoms with Gasteiger partial charge < -0.3 is 15.4 Å². The van der Waals surface area contributed by atoms with Gasteiger partial charge >= 0.3 is 17.8 Å². The van der Waals surface area contributed by atoms with Crippen molar-refractivity contribution >= 4 is 23.5 Å². The van der Waals surface area contributed by atoms with Crippen molar-refractivity contribution in [2.75, 3.05) is 11.9 Å². The van der Waals surface area contributed by atoms with E-state index >= 15 is 0 Å². The van der Waals surface area contributed by atoms with E-state index < -0.39 is 23.8 Å². The third-order valence-corrected chi connectivity index (χ3v) is 2.64. The number of hydrogen-bond acceptors (Lipinski definition) is 4. The molecule has 0 saturated heterocycles. The standard InChI is InChI=1S/C15H20N2O4/c1-4-21-13(18)9-11(3)16-14(19)15(20)17-12-7-5-6-10(2)8-12/h5-8,11H,4,9H2,1-3H3,(H,16,19)(H,17,20)/t11-/m0/s1. The van der Waals surface area contributed by atoms with Gasteiger partial charge in [0.2, 0.25) is 0 Å². The zero-order valence-corrected chi connectivity index (χ0v) is 12.4. The number of nitrogens with one attached hydrogen (secondary N) is 2. The maximum absolute atomic E-state index is 11.7. The van der Waals surface area contributed by atoms with E-state index in [-0.39, 0.29) is 13.0 Å². The molecular formula is C15H20N2O4. The Hall–Kier alpha value is -2.37. The van der Waals surface area contributed by atoms with E-state index in [0.717, 1.165) is 5.56 Å². The summed E-state index contributed by atoms with van der Waals surface area (Å²) in [6.07, 6.45) is 0.0251. The molecule has 6 heteroatoms. The lowest BCUT2D eigenvalue weighted by atomic mass is 10.2. The summed E-state index contributed by atoms with van der Waals surface area (Å²) in [7, 11) is 0. The summed E-state index contributed by atoms with van der Waals surface area (Å²) in [5.74, 6) is -1.96. The number of anilines is 1. The lowest BCUT2D eigenvalue weighted by molar-refractivity contribution is -0.144. The molecule has 1 aromatic carbocycles. The predicted molar refractivity (Wildman–Crippen MR) is 78.7 cm³/mol. The number of carbonyl (C=O) groups is 3. The zero-order valence-electron chi connectivity index (χ0n) is 12.4. The van der Waals surface area contributed by atoms with Crippen molar-refractivity contribution in [3.63, 3.8) is 0 Å². The van der Waals surface area contributed by atoms with Gasteiger partial charge in [-0.15, -0.1) is 0 Å². The molecule has 0 aromatic heterocycles. The molecule has 2 N–H and O–H groups in total. The van der Waals surface area contributed by atoms with Crippen molar-refractivity contribution in [3.05, 3.63) is 29.8 Å². The van der Waals surface area contributed by atoms with E-state index in [4.69, 9.17) is 4.74 Å². The van der Waals surface area contributed by atoms with Crippen LogP contribution in [0.5, 0.6) is 0 Å². The minimum absolute atomic E-state index is 0.0251. The molecule has 0 radical (unpaired) electrons. The summed E-state index contributed by atoms with van der Waals surface area (Å²) in [4.78, 5) is 34.7. The van der Waals surface area contributed by atoms with E-state index in [1.54, 1.807) is 32.0 Å². The fourth-order valence-corrected chi connectivity index (χ4v) is 1.72. The number of carbonyl (C=O) groups excluding carboxylic acids is 3. The molecule has 0 spiro atoms. The summed E-state index contributed by atoms with van der Waals surface area (Å²) in [5, 5.41) is 4.95. The van der Waals surface area contributed by atoms with Gasteiger partial charge in [-0.1, -0.05) is 12.1 Å². The van der Waals surface area contributed by atoms with Crippen molar-refractivity contribution in [1.29, 1.82) is 0 Å². The van der Waals surface area contributed by atoms with Crippen molar-refractivity contribution in [3.8, 4) is 0 Å². The van der Waals surface area contributed by atoms with Gasteiger partial charge in [0.1, 0.15) is 0 Å². The van der Waals surface area contributed by atoms with E-state index in [1.165, 1.54) is 0 Å². The van der Waals surface area contributed by atoms with Crippen LogP contribution in [0.4, 0.5) is 5.69 Å². The van der Waals surface area contributed by atoms with Crippen LogP contribution in [0.1, 0.15) is 25.8 Å². The van der Waals surface area contributed by atoms with Gasteiger partial charge in [0.05, 0.1) is 13.0 Å². The molecular weight excluding hydrogens is 272 g/mol. The quantitative estimate of drug-likeness (QED) is 0.634. The monoisotopic (exact) mass is 292 g/mol. The fraction of sp³-hybridized carbons (Fsp3) is 0.400. The highest BCUT2D eigenvalue weighted by Crippen LogP contribution is 2.09. The first-order valence-corrected chi connectivity index (χ1v) is 6.76. The first kappa shape index (κ1) is 16.7. The van der Waals surface area contributed by atoms with E-state index in [0.29, 0.717) is 5.69 Å². The van der Waals surface area contributed by atoms with E-state index in [9.17, 15) is 14.4 Å². The highest BCUT2D eigenvalue weighted by molar-refractivity contribution is 6.39. The second-order valence-electron chi connectivity index (χ2n) is 4.71. The summed E-state index contributed by atoms with van der Waals surface area (Å²) in [6.45, 7) is 5.51. The minimum Gasteiger partial charge on any atom is -0.466 e. The number of rotatable bonds is 5. The number of esters is 1. The summed E-state index contributed by atoms with van der Waals surface area (Å²) in [5.41, 5.74) is 1.53. The van der Waals surface area contributed by atoms with Crippen LogP contribution in [-0.2, 0) is 19.1 Å². The molecule has 0 bridgehead atoms. The third kappa shape index (κ3) is 6.07. The van der Waals surface area contributed by atoms with Crippen molar-refractivity contribution in [2.24, 2.45) is 0 Å². The Kier molecular flexibility index (Phi) is 6.39. The Morgan fingerprint density at radius 2 is 1.95 bits per heavy atom. The van der Waals surface area contributed by atoms with Gasteiger partial charge in [0.15, 0.2) is 0 Å². The number of amides is 2. The maximum atomic E-state index is 11.7. The van der Waals surface area contributed by atoms with Gasteiger partial charge in [-0.2, -0.15) is 0 Å². The molecule has 1 rings (SSSR count). The SMILES string of the molecule is CCOC(=O)C[C@H](C)NC(=O)C(=O)Nc1cccc(C)c1. The average Bonchev–Trinajstić information content (AvgIpc) is 2.38. The summed E-state index contributed by atoms with van der Waals surface area (Å²) < 4.78 is 4.77. The van der Waals surface area contributed by atoms with Crippen LogP contribution in [0.2, 0.25) is 0 Å². The molecule has 2 amide bonds. The highest BCUT2D eigenvalue weighted by Gasteiger charge is 2.18. The third-order valence-electron chi connectivity index (χ3n) is 2.64. The Morgan fingerprint density at radius 3 is 2.57 bits per heavy atom. The number of ether oxygens (including phenoxy) is 1. The van der Waals surface area contributed by atoms with Crippen LogP contribution in [0.3, 0.4) is 0 Å². The summed E-state index contributed by atoms with van der Waals surface area (Å²) in [6, 6.07) is 6.65. The fourth-order valence-electron chi connectivity index (χ4n) is 1.72. The molecule has 1 aromatic rings. The van der Waals surface area contributed by atoms with Crippen molar-refractivity contribution in [2.45, 2.75) is 33.2 Å². The van der Waals surface area contributed by atoms with Gasteiger partial charge in [0.25, 0.3) is 0 Å². The molecule has 6 nitrogen and oxygen atoms in total. The number of benzene rings is 1. The second-order valence-corrected chi connectivity index (χ2v) is 4.71. The topological polar surface area (TPSA) is 84.5 Å². The highest BCUT2D eigenvalue weighted by atomic mass is 16.5. The zero-order chi connectivity index (χ0) is 15.8. The van der Waals surface area contributed by atoms with E-state index in [1.807, 2.05) is 13.0 Å². The van der Waals surface area contributed by atoms with Crippen LogP contribution >= 0.6 is 0 Å². The lowest BCUT2D eigenvalue weighted by Crippen LogP contribution is -2.41. The maximum Gasteiger partial charge on any atom is 0.313 e. The van der Waals surface area contributed by atoms with Crippen LogP contribution in [-0.4, -0.2) is 30.4 Å². The van der Waals surface area contributed by atoms with Crippen LogP contribution in [0.25, 0.3) is 0 Å². The first-order valence-electron chi connectivity index (χ1n) is 6.76. The molecule has 0 fully saturated rings. The summed E-state index contributed by atoms with van der Waals surface area (Å²) >= 11 is 0. The van der Waals surface area contributed by atoms with Crippen LogP contribution in [0.15, 0.2) is 24.3 Å². The molecule has 0 aliphatic rings. The normalized spacial score (nSPS) is 11.4. The van der Waals surface area contributed by atoms with Crippen molar-refractivity contribution in [1.82, 2.24) is 5.32 Å². The Balaban J connectivity index is 2.47. The predicted octanol–water partition coefficient (Wildman–Crippen LogP) is 1.39. The number of aryl methyl sites for hydroxylation is 1.